The summed E-state index contributed by atoms with van der Waals surface area (Å²) in [7, 11) is -2.84. The summed E-state index contributed by atoms with van der Waals surface area (Å²) in [5, 5.41) is 5.05. The highest BCUT2D eigenvalue weighted by Gasteiger charge is 2.30. The van der Waals surface area contributed by atoms with Gasteiger partial charge in [-0.25, -0.2) is 8.42 Å². The fourth-order valence-corrected chi connectivity index (χ4v) is 5.66. The standard InChI is InChI=1S/C26H22Cl2N2O4S/c1-17-10-13-24(34-2)25(14-17)35(32,33)30(19-11-12-21(27)22(28)15-19)16-26(31)29-23-9-5-7-18-6-3-4-8-20(18)23/h3-15H,16H2,1-2H3,(H,29,31). The molecule has 4 rings (SSSR count). The lowest BCUT2D eigenvalue weighted by atomic mass is 10.1. The van der Waals surface area contributed by atoms with E-state index in [1.54, 1.807) is 25.1 Å². The zero-order valence-corrected chi connectivity index (χ0v) is 21.3. The number of sulfonamides is 1. The number of anilines is 2. The monoisotopic (exact) mass is 528 g/mol. The van der Waals surface area contributed by atoms with E-state index in [1.165, 1.54) is 31.4 Å². The molecule has 9 heteroatoms. The van der Waals surface area contributed by atoms with Gasteiger partial charge in [0, 0.05) is 11.1 Å². The van der Waals surface area contributed by atoms with E-state index in [1.807, 2.05) is 36.4 Å². The Labute approximate surface area is 214 Å². The molecule has 0 fully saturated rings. The van der Waals surface area contributed by atoms with Gasteiger partial charge in [0.1, 0.15) is 17.2 Å². The van der Waals surface area contributed by atoms with Crippen LogP contribution in [-0.2, 0) is 14.8 Å². The molecule has 6 nitrogen and oxygen atoms in total. The zero-order chi connectivity index (χ0) is 25.2. The number of ether oxygens (including phenoxy) is 1. The summed E-state index contributed by atoms with van der Waals surface area (Å²) in [5.74, 6) is -0.363. The van der Waals surface area contributed by atoms with E-state index in [4.69, 9.17) is 27.9 Å². The Kier molecular flexibility index (Phi) is 7.21. The Balaban J connectivity index is 1.76. The minimum absolute atomic E-state index is 0.0657. The second-order valence-corrected chi connectivity index (χ2v) is 10.5. The van der Waals surface area contributed by atoms with Gasteiger partial charge in [0.2, 0.25) is 5.91 Å². The molecule has 1 N–H and O–H groups in total. The number of hydrogen-bond acceptors (Lipinski definition) is 4. The number of rotatable bonds is 7. The SMILES string of the molecule is COc1ccc(C)cc1S(=O)(=O)N(CC(=O)Nc1cccc2ccccc12)c1ccc(Cl)c(Cl)c1. The molecule has 0 saturated carbocycles. The van der Waals surface area contributed by atoms with Crippen molar-refractivity contribution in [2.45, 2.75) is 11.8 Å². The second kappa shape index (κ2) is 10.2. The van der Waals surface area contributed by atoms with Crippen LogP contribution in [0.15, 0.2) is 83.8 Å². The molecule has 0 saturated heterocycles. The average Bonchev–Trinajstić information content (AvgIpc) is 2.84. The van der Waals surface area contributed by atoms with Crippen molar-refractivity contribution in [3.8, 4) is 5.75 Å². The molecule has 0 atom stereocenters. The van der Waals surface area contributed by atoms with Crippen molar-refractivity contribution >= 4 is 61.3 Å². The van der Waals surface area contributed by atoms with Crippen LogP contribution >= 0.6 is 23.2 Å². The number of carbonyl (C=O) groups is 1. The normalized spacial score (nSPS) is 11.3. The third-order valence-electron chi connectivity index (χ3n) is 5.43. The van der Waals surface area contributed by atoms with Crippen molar-refractivity contribution in [1.29, 1.82) is 0 Å². The lowest BCUT2D eigenvalue weighted by Crippen LogP contribution is -2.38. The lowest BCUT2D eigenvalue weighted by Gasteiger charge is -2.25. The van der Waals surface area contributed by atoms with E-state index < -0.39 is 22.5 Å². The number of carbonyl (C=O) groups excluding carboxylic acids is 1. The van der Waals surface area contributed by atoms with Crippen molar-refractivity contribution in [3.63, 3.8) is 0 Å². The van der Waals surface area contributed by atoms with Crippen LogP contribution in [0.4, 0.5) is 11.4 Å². The summed E-state index contributed by atoms with van der Waals surface area (Å²) in [5.41, 5.74) is 1.49. The first-order valence-corrected chi connectivity index (χ1v) is 12.8. The molecular weight excluding hydrogens is 507 g/mol. The molecule has 1 amide bonds. The quantitative estimate of drug-likeness (QED) is 0.305. The van der Waals surface area contributed by atoms with E-state index >= 15 is 0 Å². The van der Waals surface area contributed by atoms with Crippen LogP contribution in [-0.4, -0.2) is 28.0 Å². The first-order valence-electron chi connectivity index (χ1n) is 10.6. The topological polar surface area (TPSA) is 75.7 Å². The summed E-state index contributed by atoms with van der Waals surface area (Å²) in [6.45, 7) is 1.27. The van der Waals surface area contributed by atoms with Crippen LogP contribution in [0.3, 0.4) is 0 Å². The number of halogens is 2. The van der Waals surface area contributed by atoms with Crippen molar-refractivity contribution in [2.75, 3.05) is 23.3 Å². The smallest absolute Gasteiger partial charge is 0.268 e. The average molecular weight is 529 g/mol. The number of methoxy groups -OCH3 is 1. The molecule has 0 aliphatic heterocycles. The molecule has 0 bridgehead atoms. The van der Waals surface area contributed by atoms with Crippen LogP contribution in [0.1, 0.15) is 5.56 Å². The van der Waals surface area contributed by atoms with Crippen LogP contribution in [0.25, 0.3) is 10.8 Å². The highest BCUT2D eigenvalue weighted by molar-refractivity contribution is 7.93. The molecule has 0 heterocycles. The number of aryl methyl sites for hydroxylation is 1. The highest BCUT2D eigenvalue weighted by Crippen LogP contribution is 2.34. The Morgan fingerprint density at radius 3 is 2.43 bits per heavy atom. The van der Waals surface area contributed by atoms with Gasteiger partial charge in [-0.3, -0.25) is 9.10 Å². The van der Waals surface area contributed by atoms with Crippen LogP contribution < -0.4 is 14.4 Å². The third-order valence-corrected chi connectivity index (χ3v) is 7.96. The maximum absolute atomic E-state index is 13.9. The predicted molar refractivity (Wildman–Crippen MR) is 141 cm³/mol. The van der Waals surface area contributed by atoms with Crippen molar-refractivity contribution in [3.05, 3.63) is 94.5 Å². The van der Waals surface area contributed by atoms with E-state index in [2.05, 4.69) is 5.32 Å². The zero-order valence-electron chi connectivity index (χ0n) is 19.0. The number of hydrogen-bond donors (Lipinski definition) is 1. The highest BCUT2D eigenvalue weighted by atomic mass is 35.5. The molecule has 4 aromatic carbocycles. The largest absolute Gasteiger partial charge is 0.495 e. The molecule has 0 unspecified atom stereocenters. The molecule has 0 aromatic heterocycles. The molecule has 0 aliphatic carbocycles. The van der Waals surface area contributed by atoms with Crippen molar-refractivity contribution in [1.82, 2.24) is 0 Å². The molecule has 35 heavy (non-hydrogen) atoms. The maximum Gasteiger partial charge on any atom is 0.268 e. The number of amides is 1. The Hall–Kier alpha value is -3.26. The Bertz CT molecular complexity index is 1520. The number of nitrogens with zero attached hydrogens (tertiary/aromatic N) is 1. The number of benzene rings is 4. The van der Waals surface area contributed by atoms with Crippen LogP contribution in [0.2, 0.25) is 10.0 Å². The Morgan fingerprint density at radius 2 is 1.69 bits per heavy atom. The molecule has 0 spiro atoms. The number of fused-ring (bicyclic) bond motifs is 1. The van der Waals surface area contributed by atoms with E-state index in [9.17, 15) is 13.2 Å². The van der Waals surface area contributed by atoms with Gasteiger partial charge in [-0.1, -0.05) is 65.7 Å². The Morgan fingerprint density at radius 1 is 0.943 bits per heavy atom. The first kappa shape index (κ1) is 24.9. The van der Waals surface area contributed by atoms with Crippen molar-refractivity contribution < 1.29 is 17.9 Å². The predicted octanol–water partition coefficient (Wildman–Crippen LogP) is 6.30. The van der Waals surface area contributed by atoms with Crippen LogP contribution in [0.5, 0.6) is 5.75 Å². The summed E-state index contributed by atoms with van der Waals surface area (Å²) < 4.78 is 34.0. The maximum atomic E-state index is 13.9. The van der Waals surface area contributed by atoms with E-state index in [0.29, 0.717) is 5.69 Å². The fraction of sp³-hybridized carbons (Fsp3) is 0.115. The van der Waals surface area contributed by atoms with E-state index in [0.717, 1.165) is 20.6 Å². The molecule has 0 aliphatic rings. The van der Waals surface area contributed by atoms with Crippen LogP contribution in [0, 0.1) is 6.92 Å². The van der Waals surface area contributed by atoms with Gasteiger partial charge in [0.05, 0.1) is 22.8 Å². The lowest BCUT2D eigenvalue weighted by molar-refractivity contribution is -0.114. The van der Waals surface area contributed by atoms with Gasteiger partial charge in [0.15, 0.2) is 0 Å². The summed E-state index contributed by atoms with van der Waals surface area (Å²) in [6.07, 6.45) is 0. The second-order valence-electron chi connectivity index (χ2n) is 7.84. The summed E-state index contributed by atoms with van der Waals surface area (Å²) in [4.78, 5) is 13.1. The summed E-state index contributed by atoms with van der Waals surface area (Å²) >= 11 is 12.2. The molecule has 0 radical (unpaired) electrons. The minimum Gasteiger partial charge on any atom is -0.495 e. The fourth-order valence-electron chi connectivity index (χ4n) is 3.71. The minimum atomic E-state index is -4.23. The number of nitrogens with one attached hydrogen (secondary N) is 1. The molecular formula is C26H22Cl2N2O4S. The van der Waals surface area contributed by atoms with Gasteiger partial charge in [-0.05, 0) is 54.3 Å². The molecule has 180 valence electrons. The first-order chi connectivity index (χ1) is 16.7. The molecule has 4 aromatic rings. The van der Waals surface area contributed by atoms with Gasteiger partial charge in [-0.2, -0.15) is 0 Å². The summed E-state index contributed by atoms with van der Waals surface area (Å²) in [6, 6.07) is 22.3. The van der Waals surface area contributed by atoms with Crippen molar-refractivity contribution in [2.24, 2.45) is 0 Å². The van der Waals surface area contributed by atoms with E-state index in [-0.39, 0.29) is 26.4 Å². The van der Waals surface area contributed by atoms with Gasteiger partial charge < -0.3 is 10.1 Å². The van der Waals surface area contributed by atoms with Gasteiger partial charge in [-0.15, -0.1) is 0 Å². The van der Waals surface area contributed by atoms with Gasteiger partial charge >= 0.3 is 0 Å². The van der Waals surface area contributed by atoms with Gasteiger partial charge in [0.25, 0.3) is 10.0 Å². The third kappa shape index (κ3) is 5.22.